The highest BCUT2D eigenvalue weighted by Gasteiger charge is 2.05. The van der Waals surface area contributed by atoms with Crippen molar-refractivity contribution in [2.75, 3.05) is 5.73 Å². The molecule has 0 radical (unpaired) electrons. The van der Waals surface area contributed by atoms with E-state index in [1.54, 1.807) is 6.20 Å². The predicted octanol–water partition coefficient (Wildman–Crippen LogP) is 2.27. The Balaban J connectivity index is 3.13. The first-order chi connectivity index (χ1) is 5.11. The molecule has 2 nitrogen and oxygen atoms in total. The van der Waals surface area contributed by atoms with Crippen LogP contribution in [0.2, 0.25) is 0 Å². The van der Waals surface area contributed by atoms with E-state index in [0.29, 0.717) is 5.82 Å². The SMILES string of the molecule is Cc1cnc(N)c(C(C)Cl)c1. The van der Waals surface area contributed by atoms with E-state index in [1.807, 2.05) is 19.9 Å². The summed E-state index contributed by atoms with van der Waals surface area (Å²) in [5, 5.41) is -0.0672. The molecule has 3 heteroatoms. The van der Waals surface area contributed by atoms with Crippen molar-refractivity contribution in [1.29, 1.82) is 0 Å². The molecule has 0 fully saturated rings. The second kappa shape index (κ2) is 3.09. The van der Waals surface area contributed by atoms with Gasteiger partial charge < -0.3 is 5.73 Å². The second-order valence-corrected chi connectivity index (χ2v) is 3.26. The van der Waals surface area contributed by atoms with Gasteiger partial charge in [0, 0.05) is 11.8 Å². The number of anilines is 1. The Morgan fingerprint density at radius 2 is 2.27 bits per heavy atom. The Labute approximate surface area is 71.4 Å². The van der Waals surface area contributed by atoms with Crippen molar-refractivity contribution in [2.45, 2.75) is 19.2 Å². The van der Waals surface area contributed by atoms with Crippen molar-refractivity contribution in [2.24, 2.45) is 0 Å². The first kappa shape index (κ1) is 8.34. The van der Waals surface area contributed by atoms with Gasteiger partial charge in [0.05, 0.1) is 5.38 Å². The molecule has 1 atom stereocenters. The minimum Gasteiger partial charge on any atom is -0.383 e. The van der Waals surface area contributed by atoms with Gasteiger partial charge in [0.15, 0.2) is 0 Å². The summed E-state index contributed by atoms with van der Waals surface area (Å²) in [5.41, 5.74) is 7.59. The van der Waals surface area contributed by atoms with E-state index in [-0.39, 0.29) is 5.38 Å². The van der Waals surface area contributed by atoms with E-state index in [9.17, 15) is 0 Å². The van der Waals surface area contributed by atoms with E-state index in [4.69, 9.17) is 17.3 Å². The molecule has 0 aromatic carbocycles. The molecule has 0 spiro atoms. The van der Waals surface area contributed by atoms with Crippen molar-refractivity contribution in [3.63, 3.8) is 0 Å². The van der Waals surface area contributed by atoms with Crippen LogP contribution in [0.15, 0.2) is 12.3 Å². The first-order valence-corrected chi connectivity index (χ1v) is 3.91. The summed E-state index contributed by atoms with van der Waals surface area (Å²) in [4.78, 5) is 3.99. The largest absolute Gasteiger partial charge is 0.383 e. The maximum absolute atomic E-state index is 5.86. The van der Waals surface area contributed by atoms with Gasteiger partial charge in [0.2, 0.25) is 0 Å². The summed E-state index contributed by atoms with van der Waals surface area (Å²) >= 11 is 5.86. The van der Waals surface area contributed by atoms with Crippen LogP contribution in [0.25, 0.3) is 0 Å². The smallest absolute Gasteiger partial charge is 0.128 e. The zero-order valence-electron chi connectivity index (χ0n) is 6.63. The van der Waals surface area contributed by atoms with E-state index >= 15 is 0 Å². The Kier molecular flexibility index (Phi) is 2.35. The summed E-state index contributed by atoms with van der Waals surface area (Å²) in [5.74, 6) is 0.526. The van der Waals surface area contributed by atoms with Crippen LogP contribution in [-0.4, -0.2) is 4.98 Å². The average molecular weight is 171 g/mol. The molecule has 0 amide bonds. The van der Waals surface area contributed by atoms with E-state index in [0.717, 1.165) is 11.1 Å². The number of nitrogens with two attached hydrogens (primary N) is 1. The number of hydrogen-bond donors (Lipinski definition) is 1. The predicted molar refractivity (Wildman–Crippen MR) is 47.7 cm³/mol. The van der Waals surface area contributed by atoms with E-state index in [1.165, 1.54) is 0 Å². The zero-order valence-corrected chi connectivity index (χ0v) is 7.39. The lowest BCUT2D eigenvalue weighted by Gasteiger charge is -2.06. The highest BCUT2D eigenvalue weighted by atomic mass is 35.5. The van der Waals surface area contributed by atoms with Crippen LogP contribution in [-0.2, 0) is 0 Å². The molecule has 1 heterocycles. The average Bonchev–Trinajstić information content (AvgIpc) is 1.94. The number of pyridine rings is 1. The maximum atomic E-state index is 5.86. The highest BCUT2D eigenvalue weighted by molar-refractivity contribution is 6.20. The standard InChI is InChI=1S/C8H11ClN2/c1-5-3-7(6(2)9)8(10)11-4-5/h3-4,6H,1-2H3,(H2,10,11). The molecule has 2 N–H and O–H groups in total. The van der Waals surface area contributed by atoms with Gasteiger partial charge in [-0.05, 0) is 25.5 Å². The normalized spacial score (nSPS) is 13.0. The van der Waals surface area contributed by atoms with Crippen LogP contribution in [0.1, 0.15) is 23.4 Å². The lowest BCUT2D eigenvalue weighted by molar-refractivity contribution is 1.06. The number of aromatic nitrogens is 1. The highest BCUT2D eigenvalue weighted by Crippen LogP contribution is 2.23. The van der Waals surface area contributed by atoms with E-state index < -0.39 is 0 Å². The van der Waals surface area contributed by atoms with Gasteiger partial charge in [-0.3, -0.25) is 0 Å². The van der Waals surface area contributed by atoms with Gasteiger partial charge in [0.1, 0.15) is 5.82 Å². The number of halogens is 1. The quantitative estimate of drug-likeness (QED) is 0.657. The molecule has 60 valence electrons. The van der Waals surface area contributed by atoms with E-state index in [2.05, 4.69) is 4.98 Å². The van der Waals surface area contributed by atoms with Crippen LogP contribution < -0.4 is 5.73 Å². The topological polar surface area (TPSA) is 38.9 Å². The lowest BCUT2D eigenvalue weighted by atomic mass is 10.1. The minimum atomic E-state index is -0.0672. The summed E-state index contributed by atoms with van der Waals surface area (Å²) < 4.78 is 0. The molecule has 0 aliphatic carbocycles. The molecule has 11 heavy (non-hydrogen) atoms. The first-order valence-electron chi connectivity index (χ1n) is 3.47. The molecule has 0 aliphatic rings. The van der Waals surface area contributed by atoms with Crippen LogP contribution in [0, 0.1) is 6.92 Å². The summed E-state index contributed by atoms with van der Waals surface area (Å²) in [6.45, 7) is 3.85. The number of nitrogen functional groups attached to an aromatic ring is 1. The van der Waals surface area contributed by atoms with Gasteiger partial charge >= 0.3 is 0 Å². The third kappa shape index (κ3) is 1.84. The fourth-order valence-electron chi connectivity index (χ4n) is 0.921. The molecule has 0 aliphatic heterocycles. The van der Waals surface area contributed by atoms with Crippen LogP contribution >= 0.6 is 11.6 Å². The van der Waals surface area contributed by atoms with Gasteiger partial charge in [-0.2, -0.15) is 0 Å². The molecular weight excluding hydrogens is 160 g/mol. The maximum Gasteiger partial charge on any atom is 0.128 e. The fraction of sp³-hybridized carbons (Fsp3) is 0.375. The molecule has 1 aromatic heterocycles. The fourth-order valence-corrected chi connectivity index (χ4v) is 1.10. The summed E-state index contributed by atoms with van der Waals surface area (Å²) in [6, 6.07) is 1.96. The molecular formula is C8H11ClN2. The Bertz CT molecular complexity index is 258. The zero-order chi connectivity index (χ0) is 8.43. The Morgan fingerprint density at radius 3 is 2.73 bits per heavy atom. The molecule has 1 unspecified atom stereocenters. The molecule has 1 rings (SSSR count). The van der Waals surface area contributed by atoms with Crippen LogP contribution in [0.3, 0.4) is 0 Å². The van der Waals surface area contributed by atoms with Crippen molar-refractivity contribution in [3.05, 3.63) is 23.4 Å². The Hall–Kier alpha value is -0.760. The van der Waals surface area contributed by atoms with Crippen molar-refractivity contribution >= 4 is 17.4 Å². The summed E-state index contributed by atoms with van der Waals surface area (Å²) in [6.07, 6.45) is 1.73. The number of aryl methyl sites for hydroxylation is 1. The molecule has 0 saturated carbocycles. The molecule has 1 aromatic rings. The Morgan fingerprint density at radius 1 is 1.64 bits per heavy atom. The number of hydrogen-bond acceptors (Lipinski definition) is 2. The van der Waals surface area contributed by atoms with Gasteiger partial charge in [-0.15, -0.1) is 11.6 Å². The number of alkyl halides is 1. The monoisotopic (exact) mass is 170 g/mol. The molecule has 0 saturated heterocycles. The van der Waals surface area contributed by atoms with Gasteiger partial charge in [-0.1, -0.05) is 0 Å². The molecule has 0 bridgehead atoms. The third-order valence-corrected chi connectivity index (χ3v) is 1.75. The number of nitrogens with zero attached hydrogens (tertiary/aromatic N) is 1. The van der Waals surface area contributed by atoms with Crippen molar-refractivity contribution in [3.8, 4) is 0 Å². The van der Waals surface area contributed by atoms with Crippen molar-refractivity contribution < 1.29 is 0 Å². The van der Waals surface area contributed by atoms with Gasteiger partial charge in [0.25, 0.3) is 0 Å². The van der Waals surface area contributed by atoms with Crippen LogP contribution in [0.4, 0.5) is 5.82 Å². The van der Waals surface area contributed by atoms with Crippen molar-refractivity contribution in [1.82, 2.24) is 4.98 Å². The van der Waals surface area contributed by atoms with Gasteiger partial charge in [-0.25, -0.2) is 4.98 Å². The van der Waals surface area contributed by atoms with Crippen LogP contribution in [0.5, 0.6) is 0 Å². The third-order valence-electron chi connectivity index (χ3n) is 1.51. The second-order valence-electron chi connectivity index (χ2n) is 2.60. The number of rotatable bonds is 1. The minimum absolute atomic E-state index is 0.0672. The summed E-state index contributed by atoms with van der Waals surface area (Å²) in [7, 11) is 0. The lowest BCUT2D eigenvalue weighted by Crippen LogP contribution is -1.98.